The van der Waals surface area contributed by atoms with E-state index in [-0.39, 0.29) is 0 Å². The Hall–Kier alpha value is -3.08. The number of aromatic nitrogens is 2. The number of nitrogens with one attached hydrogen (secondary N) is 2. The minimum atomic E-state index is 0.554. The smallest absolute Gasteiger partial charge is 0.229 e. The topological polar surface area (TPSA) is 59.1 Å². The standard InChI is InChI=1S/C19H20N4O/c1-14-11-18(20-13-15-7-4-3-5-8-15)23-19(21-14)22-16-9-6-10-17(12-16)24-2/h3-12H,13H2,1-2H3,(H2,20,21,22,23). The lowest BCUT2D eigenvalue weighted by Crippen LogP contribution is -2.05. The van der Waals surface area contributed by atoms with Gasteiger partial charge in [-0.25, -0.2) is 4.98 Å². The minimum Gasteiger partial charge on any atom is -0.497 e. The van der Waals surface area contributed by atoms with E-state index in [2.05, 4.69) is 32.7 Å². The van der Waals surface area contributed by atoms with Crippen LogP contribution in [0.15, 0.2) is 60.7 Å². The number of aryl methyl sites for hydroxylation is 1. The largest absolute Gasteiger partial charge is 0.497 e. The fraction of sp³-hybridized carbons (Fsp3) is 0.158. The third kappa shape index (κ3) is 4.23. The quantitative estimate of drug-likeness (QED) is 0.714. The maximum absolute atomic E-state index is 5.23. The number of hydrogen-bond acceptors (Lipinski definition) is 5. The van der Waals surface area contributed by atoms with Crippen LogP contribution in [0.25, 0.3) is 0 Å². The Labute approximate surface area is 141 Å². The zero-order valence-corrected chi connectivity index (χ0v) is 13.8. The van der Waals surface area contributed by atoms with Crippen molar-refractivity contribution in [2.24, 2.45) is 0 Å². The van der Waals surface area contributed by atoms with Crippen molar-refractivity contribution < 1.29 is 4.74 Å². The predicted octanol–water partition coefficient (Wildman–Crippen LogP) is 4.15. The summed E-state index contributed by atoms with van der Waals surface area (Å²) >= 11 is 0. The molecule has 122 valence electrons. The average Bonchev–Trinajstić information content (AvgIpc) is 2.60. The van der Waals surface area contributed by atoms with Crippen molar-refractivity contribution in [2.75, 3.05) is 17.7 Å². The molecule has 24 heavy (non-hydrogen) atoms. The number of hydrogen-bond donors (Lipinski definition) is 2. The number of benzene rings is 2. The van der Waals surface area contributed by atoms with Crippen molar-refractivity contribution in [1.82, 2.24) is 9.97 Å². The van der Waals surface area contributed by atoms with Crippen molar-refractivity contribution in [3.05, 3.63) is 71.9 Å². The maximum atomic E-state index is 5.23. The van der Waals surface area contributed by atoms with E-state index in [1.54, 1.807) is 7.11 Å². The Morgan fingerprint density at radius 2 is 1.79 bits per heavy atom. The van der Waals surface area contributed by atoms with Crippen molar-refractivity contribution in [1.29, 1.82) is 0 Å². The predicted molar refractivity (Wildman–Crippen MR) is 96.8 cm³/mol. The van der Waals surface area contributed by atoms with Crippen LogP contribution < -0.4 is 15.4 Å². The van der Waals surface area contributed by atoms with Gasteiger partial charge in [-0.15, -0.1) is 0 Å². The number of nitrogens with zero attached hydrogens (tertiary/aromatic N) is 2. The van der Waals surface area contributed by atoms with Crippen LogP contribution in [0, 0.1) is 6.92 Å². The van der Waals surface area contributed by atoms with Crippen LogP contribution in [-0.4, -0.2) is 17.1 Å². The first-order valence-corrected chi connectivity index (χ1v) is 7.77. The molecule has 0 bridgehead atoms. The monoisotopic (exact) mass is 320 g/mol. The highest BCUT2D eigenvalue weighted by atomic mass is 16.5. The molecule has 1 aromatic heterocycles. The van der Waals surface area contributed by atoms with Crippen LogP contribution in [0.1, 0.15) is 11.3 Å². The van der Waals surface area contributed by atoms with Gasteiger partial charge >= 0.3 is 0 Å². The van der Waals surface area contributed by atoms with Gasteiger partial charge < -0.3 is 15.4 Å². The highest BCUT2D eigenvalue weighted by molar-refractivity contribution is 5.57. The summed E-state index contributed by atoms with van der Waals surface area (Å²) in [6, 6.07) is 19.8. The SMILES string of the molecule is COc1cccc(Nc2nc(C)cc(NCc3ccccc3)n2)c1. The second kappa shape index (κ2) is 7.46. The van der Waals surface area contributed by atoms with E-state index in [1.165, 1.54) is 5.56 Å². The molecule has 0 aliphatic heterocycles. The van der Waals surface area contributed by atoms with Crippen LogP contribution in [0.4, 0.5) is 17.5 Å². The molecule has 0 amide bonds. The van der Waals surface area contributed by atoms with Gasteiger partial charge in [0.15, 0.2) is 0 Å². The molecule has 0 spiro atoms. The summed E-state index contributed by atoms with van der Waals surface area (Å²) in [7, 11) is 1.65. The molecule has 2 N–H and O–H groups in total. The first-order chi connectivity index (χ1) is 11.7. The molecular formula is C19H20N4O. The molecule has 0 unspecified atom stereocenters. The number of methoxy groups -OCH3 is 1. The number of ether oxygens (including phenoxy) is 1. The third-order valence-electron chi connectivity index (χ3n) is 3.50. The Morgan fingerprint density at radius 1 is 0.958 bits per heavy atom. The van der Waals surface area contributed by atoms with Crippen LogP contribution >= 0.6 is 0 Å². The molecule has 0 saturated carbocycles. The maximum Gasteiger partial charge on any atom is 0.229 e. The summed E-state index contributed by atoms with van der Waals surface area (Å²) in [6.45, 7) is 2.67. The number of anilines is 3. The highest BCUT2D eigenvalue weighted by Gasteiger charge is 2.04. The first kappa shape index (κ1) is 15.8. The molecule has 2 aromatic carbocycles. The summed E-state index contributed by atoms with van der Waals surface area (Å²) in [5.41, 5.74) is 2.98. The van der Waals surface area contributed by atoms with Gasteiger partial charge in [0, 0.05) is 30.1 Å². The molecule has 5 nitrogen and oxygen atoms in total. The van der Waals surface area contributed by atoms with E-state index < -0.39 is 0 Å². The second-order valence-corrected chi connectivity index (χ2v) is 5.41. The lowest BCUT2D eigenvalue weighted by molar-refractivity contribution is 0.415. The zero-order chi connectivity index (χ0) is 16.8. The molecule has 0 radical (unpaired) electrons. The highest BCUT2D eigenvalue weighted by Crippen LogP contribution is 2.20. The van der Waals surface area contributed by atoms with Gasteiger partial charge in [-0.05, 0) is 24.6 Å². The summed E-state index contributed by atoms with van der Waals surface area (Å²) in [6.07, 6.45) is 0. The van der Waals surface area contributed by atoms with Crippen molar-refractivity contribution in [2.45, 2.75) is 13.5 Å². The molecule has 0 aliphatic carbocycles. The minimum absolute atomic E-state index is 0.554. The van der Waals surface area contributed by atoms with Crippen LogP contribution in [0.5, 0.6) is 5.75 Å². The van der Waals surface area contributed by atoms with Gasteiger partial charge in [-0.3, -0.25) is 0 Å². The van der Waals surface area contributed by atoms with Gasteiger partial charge in [0.25, 0.3) is 0 Å². The van der Waals surface area contributed by atoms with Gasteiger partial charge in [0.1, 0.15) is 11.6 Å². The Bertz CT molecular complexity index is 805. The zero-order valence-electron chi connectivity index (χ0n) is 13.8. The molecule has 0 fully saturated rings. The summed E-state index contributed by atoms with van der Waals surface area (Å²) in [5, 5.41) is 6.55. The van der Waals surface area contributed by atoms with E-state index in [1.807, 2.05) is 55.5 Å². The lowest BCUT2D eigenvalue weighted by Gasteiger charge is -2.10. The molecule has 1 heterocycles. The lowest BCUT2D eigenvalue weighted by atomic mass is 10.2. The third-order valence-corrected chi connectivity index (χ3v) is 3.50. The van der Waals surface area contributed by atoms with Crippen LogP contribution in [0.3, 0.4) is 0 Å². The molecule has 0 saturated heterocycles. The molecule has 0 atom stereocenters. The van der Waals surface area contributed by atoms with Crippen LogP contribution in [0.2, 0.25) is 0 Å². The van der Waals surface area contributed by atoms with Crippen molar-refractivity contribution >= 4 is 17.5 Å². The molecule has 3 aromatic rings. The Morgan fingerprint density at radius 3 is 2.58 bits per heavy atom. The Kier molecular flexibility index (Phi) is 4.91. The van der Waals surface area contributed by atoms with E-state index in [4.69, 9.17) is 4.74 Å². The van der Waals surface area contributed by atoms with E-state index in [0.29, 0.717) is 5.95 Å². The van der Waals surface area contributed by atoms with Gasteiger partial charge in [0.05, 0.1) is 7.11 Å². The summed E-state index contributed by atoms with van der Waals surface area (Å²) in [4.78, 5) is 8.96. The van der Waals surface area contributed by atoms with E-state index >= 15 is 0 Å². The van der Waals surface area contributed by atoms with Gasteiger partial charge in [-0.1, -0.05) is 36.4 Å². The molecule has 3 rings (SSSR count). The second-order valence-electron chi connectivity index (χ2n) is 5.41. The fourth-order valence-corrected chi connectivity index (χ4v) is 2.33. The number of rotatable bonds is 6. The molecule has 0 aliphatic rings. The van der Waals surface area contributed by atoms with Gasteiger partial charge in [0.2, 0.25) is 5.95 Å². The van der Waals surface area contributed by atoms with Crippen LogP contribution in [-0.2, 0) is 6.54 Å². The fourth-order valence-electron chi connectivity index (χ4n) is 2.33. The summed E-state index contributed by atoms with van der Waals surface area (Å²) < 4.78 is 5.23. The van der Waals surface area contributed by atoms with Gasteiger partial charge in [-0.2, -0.15) is 4.98 Å². The van der Waals surface area contributed by atoms with E-state index in [9.17, 15) is 0 Å². The molecule has 5 heteroatoms. The average molecular weight is 320 g/mol. The van der Waals surface area contributed by atoms with Crippen molar-refractivity contribution in [3.63, 3.8) is 0 Å². The Balaban J connectivity index is 1.73. The summed E-state index contributed by atoms with van der Waals surface area (Å²) in [5.74, 6) is 2.13. The normalized spacial score (nSPS) is 10.2. The first-order valence-electron chi connectivity index (χ1n) is 7.77. The molecular weight excluding hydrogens is 300 g/mol. The van der Waals surface area contributed by atoms with E-state index in [0.717, 1.165) is 29.5 Å². The van der Waals surface area contributed by atoms with Crippen molar-refractivity contribution in [3.8, 4) is 5.75 Å².